The molecule has 2 heterocycles. The summed E-state index contributed by atoms with van der Waals surface area (Å²) in [6.07, 6.45) is 2.99. The topological polar surface area (TPSA) is 41.8 Å². The van der Waals surface area contributed by atoms with Crippen molar-refractivity contribution in [1.29, 1.82) is 0 Å². The highest BCUT2D eigenvalue weighted by Crippen LogP contribution is 2.35. The average Bonchev–Trinajstić information content (AvgIpc) is 3.11. The number of nitrogens with one attached hydrogen (secondary N) is 1. The third kappa shape index (κ3) is 2.52. The van der Waals surface area contributed by atoms with Crippen LogP contribution >= 0.6 is 23.7 Å². The van der Waals surface area contributed by atoms with Crippen LogP contribution in [-0.4, -0.2) is 11.5 Å². The van der Waals surface area contributed by atoms with E-state index in [1.54, 1.807) is 0 Å². The van der Waals surface area contributed by atoms with E-state index in [1.807, 2.05) is 11.3 Å². The first-order chi connectivity index (χ1) is 10.3. The van der Waals surface area contributed by atoms with E-state index in [1.165, 1.54) is 37.0 Å². The number of hydrogen-bond acceptors (Lipinski definition) is 2. The van der Waals surface area contributed by atoms with Crippen LogP contribution in [0.15, 0.2) is 54.7 Å². The molecule has 22 heavy (non-hydrogen) atoms. The molecule has 2 nitrogen and oxygen atoms in total. The van der Waals surface area contributed by atoms with Gasteiger partial charge in [0.1, 0.15) is 0 Å². The van der Waals surface area contributed by atoms with E-state index in [9.17, 15) is 0 Å². The SMILES string of the molecule is Cl.NCCc1c[nH]c2ccc(-c3cc4ccccc4s3)cc12. The molecule has 0 aliphatic rings. The molecule has 4 heteroatoms. The lowest BCUT2D eigenvalue weighted by Crippen LogP contribution is -2.01. The predicted octanol–water partition coefficient (Wildman–Crippen LogP) is 4.97. The summed E-state index contributed by atoms with van der Waals surface area (Å²) >= 11 is 1.85. The minimum atomic E-state index is 0. The average molecular weight is 329 g/mol. The fourth-order valence-electron chi connectivity index (χ4n) is 2.82. The third-order valence-electron chi connectivity index (χ3n) is 3.89. The molecule has 2 aromatic heterocycles. The van der Waals surface area contributed by atoms with E-state index in [0.717, 1.165) is 6.42 Å². The minimum Gasteiger partial charge on any atom is -0.361 e. The van der Waals surface area contributed by atoms with E-state index in [4.69, 9.17) is 5.73 Å². The van der Waals surface area contributed by atoms with E-state index >= 15 is 0 Å². The number of fused-ring (bicyclic) bond motifs is 2. The van der Waals surface area contributed by atoms with Crippen LogP contribution in [0.1, 0.15) is 5.56 Å². The van der Waals surface area contributed by atoms with Crippen LogP contribution in [0.3, 0.4) is 0 Å². The van der Waals surface area contributed by atoms with Gasteiger partial charge in [0, 0.05) is 26.7 Å². The Balaban J connectivity index is 0.00000144. The van der Waals surface area contributed by atoms with Crippen molar-refractivity contribution in [3.8, 4) is 10.4 Å². The molecule has 0 amide bonds. The van der Waals surface area contributed by atoms with Crippen molar-refractivity contribution in [1.82, 2.24) is 4.98 Å². The third-order valence-corrected chi connectivity index (χ3v) is 5.06. The van der Waals surface area contributed by atoms with Crippen molar-refractivity contribution >= 4 is 44.7 Å². The first-order valence-electron chi connectivity index (χ1n) is 7.14. The first kappa shape index (κ1) is 15.1. The van der Waals surface area contributed by atoms with Gasteiger partial charge in [0.25, 0.3) is 0 Å². The maximum atomic E-state index is 5.70. The van der Waals surface area contributed by atoms with Crippen LogP contribution in [-0.2, 0) is 6.42 Å². The predicted molar refractivity (Wildman–Crippen MR) is 99.1 cm³/mol. The van der Waals surface area contributed by atoms with Crippen LogP contribution in [0.2, 0.25) is 0 Å². The number of rotatable bonds is 3. The first-order valence-corrected chi connectivity index (χ1v) is 7.96. The molecule has 2 aromatic carbocycles. The highest BCUT2D eigenvalue weighted by Gasteiger charge is 2.08. The van der Waals surface area contributed by atoms with Crippen LogP contribution < -0.4 is 5.73 Å². The van der Waals surface area contributed by atoms with Gasteiger partial charge in [-0.3, -0.25) is 0 Å². The Morgan fingerprint density at radius 1 is 1.05 bits per heavy atom. The maximum absolute atomic E-state index is 5.70. The lowest BCUT2D eigenvalue weighted by Gasteiger charge is -2.00. The fraction of sp³-hybridized carbons (Fsp3) is 0.111. The summed E-state index contributed by atoms with van der Waals surface area (Å²) in [7, 11) is 0. The van der Waals surface area contributed by atoms with Crippen molar-refractivity contribution in [2.24, 2.45) is 5.73 Å². The quantitative estimate of drug-likeness (QED) is 0.547. The van der Waals surface area contributed by atoms with E-state index in [-0.39, 0.29) is 12.4 Å². The van der Waals surface area contributed by atoms with Gasteiger partial charge in [-0.25, -0.2) is 0 Å². The molecule has 0 spiro atoms. The van der Waals surface area contributed by atoms with Crippen LogP contribution in [0, 0.1) is 0 Å². The Bertz CT molecular complexity index is 890. The van der Waals surface area contributed by atoms with E-state index in [2.05, 4.69) is 59.7 Å². The summed E-state index contributed by atoms with van der Waals surface area (Å²) < 4.78 is 1.34. The molecule has 0 atom stereocenters. The number of aromatic amines is 1. The Kier molecular flexibility index (Phi) is 4.21. The summed E-state index contributed by atoms with van der Waals surface area (Å²) in [4.78, 5) is 4.64. The molecule has 0 saturated heterocycles. The number of halogens is 1. The van der Waals surface area contributed by atoms with Gasteiger partial charge in [-0.1, -0.05) is 24.3 Å². The van der Waals surface area contributed by atoms with Gasteiger partial charge < -0.3 is 10.7 Å². The second-order valence-electron chi connectivity index (χ2n) is 5.26. The van der Waals surface area contributed by atoms with Gasteiger partial charge in [-0.05, 0) is 53.7 Å². The molecule has 3 N–H and O–H groups in total. The van der Waals surface area contributed by atoms with Gasteiger partial charge in [-0.2, -0.15) is 0 Å². The van der Waals surface area contributed by atoms with Crippen molar-refractivity contribution < 1.29 is 0 Å². The molecule has 0 unspecified atom stereocenters. The van der Waals surface area contributed by atoms with Crippen LogP contribution in [0.5, 0.6) is 0 Å². The number of H-pyrrole nitrogens is 1. The van der Waals surface area contributed by atoms with E-state index < -0.39 is 0 Å². The number of nitrogens with two attached hydrogens (primary N) is 1. The summed E-state index contributed by atoms with van der Waals surface area (Å²) in [6, 6.07) is 17.4. The molecule has 4 aromatic rings. The second-order valence-corrected chi connectivity index (χ2v) is 6.35. The van der Waals surface area contributed by atoms with Crippen molar-refractivity contribution in [2.75, 3.05) is 6.54 Å². The second kappa shape index (κ2) is 6.13. The Labute approximate surface area is 139 Å². The summed E-state index contributed by atoms with van der Waals surface area (Å²) in [6.45, 7) is 0.681. The van der Waals surface area contributed by atoms with Gasteiger partial charge in [0.2, 0.25) is 0 Å². The van der Waals surface area contributed by atoms with Gasteiger partial charge in [-0.15, -0.1) is 23.7 Å². The Hall–Kier alpha value is -1.81. The number of hydrogen-bond donors (Lipinski definition) is 2. The molecule has 0 fully saturated rings. The molecule has 0 radical (unpaired) electrons. The van der Waals surface area contributed by atoms with Crippen LogP contribution in [0.4, 0.5) is 0 Å². The minimum absolute atomic E-state index is 0. The number of thiophene rings is 1. The zero-order chi connectivity index (χ0) is 14.2. The normalized spacial score (nSPS) is 11.0. The van der Waals surface area contributed by atoms with Crippen LogP contribution in [0.25, 0.3) is 31.4 Å². The fourth-order valence-corrected chi connectivity index (χ4v) is 3.88. The molecule has 112 valence electrons. The summed E-state index contributed by atoms with van der Waals surface area (Å²) in [5.41, 5.74) is 9.46. The summed E-state index contributed by atoms with van der Waals surface area (Å²) in [5.74, 6) is 0. The largest absolute Gasteiger partial charge is 0.361 e. The zero-order valence-electron chi connectivity index (χ0n) is 12.0. The van der Waals surface area contributed by atoms with Gasteiger partial charge in [0.05, 0.1) is 0 Å². The van der Waals surface area contributed by atoms with Gasteiger partial charge in [0.15, 0.2) is 0 Å². The molecule has 0 aliphatic carbocycles. The molecular weight excluding hydrogens is 312 g/mol. The van der Waals surface area contributed by atoms with Crippen molar-refractivity contribution in [3.63, 3.8) is 0 Å². The Morgan fingerprint density at radius 2 is 1.91 bits per heavy atom. The van der Waals surface area contributed by atoms with Crippen molar-refractivity contribution in [3.05, 3.63) is 60.3 Å². The molecule has 4 rings (SSSR count). The standard InChI is InChI=1S/C18H16N2S.ClH/c19-8-7-14-11-20-16-6-5-13(9-15(14)16)18-10-12-3-1-2-4-17(12)21-18;/h1-6,9-11,20H,7-8,19H2;1H. The maximum Gasteiger partial charge on any atom is 0.0457 e. The monoisotopic (exact) mass is 328 g/mol. The molecule has 0 saturated carbocycles. The lowest BCUT2D eigenvalue weighted by molar-refractivity contribution is 0.976. The highest BCUT2D eigenvalue weighted by molar-refractivity contribution is 7.22. The van der Waals surface area contributed by atoms with Crippen molar-refractivity contribution in [2.45, 2.75) is 6.42 Å². The number of aromatic nitrogens is 1. The molecule has 0 aliphatic heterocycles. The molecule has 0 bridgehead atoms. The van der Waals surface area contributed by atoms with Gasteiger partial charge >= 0.3 is 0 Å². The Morgan fingerprint density at radius 3 is 2.73 bits per heavy atom. The smallest absolute Gasteiger partial charge is 0.0457 e. The lowest BCUT2D eigenvalue weighted by atomic mass is 10.1. The highest BCUT2D eigenvalue weighted by atomic mass is 35.5. The zero-order valence-corrected chi connectivity index (χ0v) is 13.6. The van der Waals surface area contributed by atoms with E-state index in [0.29, 0.717) is 6.54 Å². The summed E-state index contributed by atoms with van der Waals surface area (Å²) in [5, 5.41) is 2.60. The number of benzene rings is 2. The molecular formula is C18H17ClN2S.